The van der Waals surface area contributed by atoms with E-state index in [-0.39, 0.29) is 35.7 Å². The summed E-state index contributed by atoms with van der Waals surface area (Å²) in [7, 11) is 3.17. The molecule has 18 atom stereocenters. The molecular formula is C40H60O13. The van der Waals surface area contributed by atoms with E-state index >= 15 is 0 Å². The van der Waals surface area contributed by atoms with E-state index < -0.39 is 79.9 Å². The van der Waals surface area contributed by atoms with Crippen molar-refractivity contribution in [1.82, 2.24) is 0 Å². The Morgan fingerprint density at radius 1 is 0.792 bits per heavy atom. The Hall–Kier alpha value is -1.75. The third-order valence-corrected chi connectivity index (χ3v) is 13.4. The fourth-order valence-corrected chi connectivity index (χ4v) is 10.3. The van der Waals surface area contributed by atoms with Crippen LogP contribution in [0.15, 0.2) is 28.4 Å². The monoisotopic (exact) mass is 748 g/mol. The van der Waals surface area contributed by atoms with Gasteiger partial charge in [0.1, 0.15) is 29.9 Å². The Balaban J connectivity index is 0.932. The van der Waals surface area contributed by atoms with Gasteiger partial charge in [0.2, 0.25) is 0 Å². The number of ketones is 1. The standard InChI is InChI=1S/C40H60O13/c1-19-24(12-13-47-19)25-10-11-27-26(37(25)44)9-8-23-14-30(29(42)18-40(23,27)5)51-34-17-32(46-7)39(22(4)50-34)53-33-15-28(41)38(21(3)49-33)52-35-16-31(45-6)36(43)20(2)48-35/h8,12-13,20-22,25-36,38-39,41-43H,9-11,14-18H2,1-7H3/t20-,21+,22+,25?,26+,27-,28-,29+,30?,31+,32+,33-,34-,35-,36-,38+,39+,40-/m0/s1. The van der Waals surface area contributed by atoms with Crippen molar-refractivity contribution in [3.8, 4) is 0 Å². The van der Waals surface area contributed by atoms with Gasteiger partial charge in [-0.15, -0.1) is 0 Å². The molecule has 0 aromatic carbocycles. The fraction of sp³-hybridized carbons (Fsp3) is 0.825. The summed E-state index contributed by atoms with van der Waals surface area (Å²) in [6.07, 6.45) is 0.130. The highest BCUT2D eigenvalue weighted by atomic mass is 16.7. The van der Waals surface area contributed by atoms with Crippen molar-refractivity contribution >= 4 is 5.78 Å². The Bertz CT molecular complexity index is 1430. The number of furan rings is 1. The van der Waals surface area contributed by atoms with E-state index in [4.69, 9.17) is 42.3 Å². The van der Waals surface area contributed by atoms with Crippen molar-refractivity contribution in [3.05, 3.63) is 35.3 Å². The average molecular weight is 749 g/mol. The van der Waals surface area contributed by atoms with Gasteiger partial charge in [-0.25, -0.2) is 0 Å². The Kier molecular flexibility index (Phi) is 11.9. The molecule has 1 aromatic heterocycles. The van der Waals surface area contributed by atoms with Crippen LogP contribution in [0.3, 0.4) is 0 Å². The number of methoxy groups -OCH3 is 2. The van der Waals surface area contributed by atoms with Gasteiger partial charge < -0.3 is 57.6 Å². The first-order valence-electron chi connectivity index (χ1n) is 19.6. The molecule has 53 heavy (non-hydrogen) atoms. The number of carbonyl (C=O) groups excluding carboxylic acids is 1. The normalized spacial score (nSPS) is 47.8. The molecule has 0 radical (unpaired) electrons. The summed E-state index contributed by atoms with van der Waals surface area (Å²) in [5.74, 6) is 1.11. The highest BCUT2D eigenvalue weighted by molar-refractivity contribution is 5.89. The molecule has 13 heteroatoms. The second-order valence-electron chi connectivity index (χ2n) is 16.5. The molecule has 1 aromatic rings. The smallest absolute Gasteiger partial charge is 0.161 e. The van der Waals surface area contributed by atoms with Crippen LogP contribution in [0.25, 0.3) is 0 Å². The van der Waals surface area contributed by atoms with Crippen LogP contribution in [0.5, 0.6) is 0 Å². The predicted molar refractivity (Wildman–Crippen MR) is 189 cm³/mol. The van der Waals surface area contributed by atoms with Crippen LogP contribution >= 0.6 is 0 Å². The maximum absolute atomic E-state index is 13.8. The number of fused-ring (bicyclic) bond motifs is 3. The lowest BCUT2D eigenvalue weighted by Gasteiger charge is -2.54. The van der Waals surface area contributed by atoms with Gasteiger partial charge >= 0.3 is 0 Å². The molecule has 0 amide bonds. The van der Waals surface area contributed by atoms with Crippen molar-refractivity contribution in [3.63, 3.8) is 0 Å². The molecule has 3 aliphatic carbocycles. The number of aryl methyl sites for hydroxylation is 1. The second kappa shape index (κ2) is 16.0. The average Bonchev–Trinajstić information content (AvgIpc) is 3.54. The molecule has 3 N–H and O–H groups in total. The summed E-state index contributed by atoms with van der Waals surface area (Å²) < 4.78 is 54.3. The first kappa shape index (κ1) is 39.5. The number of aliphatic hydroxyl groups is 3. The molecule has 6 aliphatic rings. The number of Topliss-reactive ketones (excluding diaryl/α,β-unsaturated/α-hetero) is 1. The number of rotatable bonds is 9. The SMILES string of the molecule is CO[C@@H]1C[C@H](O[C@H]2[C@@H](O)C[C@H](O[C@@H]3[C@@H](C)O[C@@H](OC4CC5=CC[C@H]6C(=O)C(c7ccoc7C)CC[C@@H]6[C@@]5(C)C[C@H]4O)C[C@H]3OC)O[C@@H]2C)O[C@@H](C)[C@@H]1O. The fourth-order valence-electron chi connectivity index (χ4n) is 10.3. The Morgan fingerprint density at radius 3 is 2.11 bits per heavy atom. The number of carbonyl (C=O) groups is 1. The van der Waals surface area contributed by atoms with Crippen molar-refractivity contribution < 1.29 is 62.4 Å². The van der Waals surface area contributed by atoms with Crippen molar-refractivity contribution in [2.75, 3.05) is 14.2 Å². The summed E-state index contributed by atoms with van der Waals surface area (Å²) in [6.45, 7) is 9.63. The van der Waals surface area contributed by atoms with Gasteiger partial charge in [0.15, 0.2) is 18.9 Å². The number of allylic oxidation sites excluding steroid dienone is 1. The highest BCUT2D eigenvalue weighted by Gasteiger charge is 2.55. The van der Waals surface area contributed by atoms with Crippen molar-refractivity contribution in [2.24, 2.45) is 17.3 Å². The van der Waals surface area contributed by atoms with Gasteiger partial charge in [-0.3, -0.25) is 4.79 Å². The summed E-state index contributed by atoms with van der Waals surface area (Å²) in [6, 6.07) is 1.94. The molecule has 3 aliphatic heterocycles. The van der Waals surface area contributed by atoms with Crippen LogP contribution in [0.4, 0.5) is 0 Å². The maximum atomic E-state index is 13.8. The second-order valence-corrected chi connectivity index (χ2v) is 16.5. The van der Waals surface area contributed by atoms with Crippen LogP contribution in [-0.4, -0.2) is 121 Å². The van der Waals surface area contributed by atoms with Crippen LogP contribution in [0.2, 0.25) is 0 Å². The molecule has 4 heterocycles. The van der Waals surface area contributed by atoms with Crippen molar-refractivity contribution in [2.45, 2.75) is 178 Å². The van der Waals surface area contributed by atoms with Crippen molar-refractivity contribution in [1.29, 1.82) is 0 Å². The number of hydrogen-bond donors (Lipinski definition) is 3. The molecule has 0 spiro atoms. The Labute approximate surface area is 312 Å². The lowest BCUT2D eigenvalue weighted by Crippen LogP contribution is -2.57. The third-order valence-electron chi connectivity index (χ3n) is 13.4. The van der Waals surface area contributed by atoms with Gasteiger partial charge in [0.25, 0.3) is 0 Å². The molecule has 2 unspecified atom stereocenters. The zero-order chi connectivity index (χ0) is 37.8. The quantitative estimate of drug-likeness (QED) is 0.310. The van der Waals surface area contributed by atoms with E-state index in [9.17, 15) is 20.1 Å². The molecule has 0 bridgehead atoms. The summed E-state index contributed by atoms with van der Waals surface area (Å²) >= 11 is 0. The maximum Gasteiger partial charge on any atom is 0.161 e. The third kappa shape index (κ3) is 7.70. The van der Waals surface area contributed by atoms with Gasteiger partial charge in [0, 0.05) is 50.9 Å². The van der Waals surface area contributed by atoms with E-state index in [1.807, 2.05) is 26.8 Å². The summed E-state index contributed by atoms with van der Waals surface area (Å²) in [4.78, 5) is 13.8. The lowest BCUT2D eigenvalue weighted by atomic mass is 9.51. The number of aliphatic hydroxyl groups excluding tert-OH is 3. The van der Waals surface area contributed by atoms with Crippen LogP contribution in [-0.2, 0) is 42.7 Å². The minimum atomic E-state index is -0.885. The van der Waals surface area contributed by atoms with Crippen LogP contribution < -0.4 is 0 Å². The topological polar surface area (TPSA) is 165 Å². The molecule has 13 nitrogen and oxygen atoms in total. The lowest BCUT2D eigenvalue weighted by molar-refractivity contribution is -0.338. The van der Waals surface area contributed by atoms with E-state index in [0.717, 1.165) is 24.2 Å². The molecule has 298 valence electrons. The summed E-state index contributed by atoms with van der Waals surface area (Å²) in [5.41, 5.74) is 2.00. The zero-order valence-electron chi connectivity index (χ0n) is 32.1. The first-order chi connectivity index (χ1) is 25.3. The summed E-state index contributed by atoms with van der Waals surface area (Å²) in [5, 5.41) is 33.0. The Morgan fingerprint density at radius 2 is 1.43 bits per heavy atom. The largest absolute Gasteiger partial charge is 0.469 e. The minimum absolute atomic E-state index is 0.0626. The molecule has 3 saturated heterocycles. The van der Waals surface area contributed by atoms with Gasteiger partial charge in [-0.1, -0.05) is 18.6 Å². The van der Waals surface area contributed by atoms with Crippen LogP contribution in [0, 0.1) is 24.2 Å². The number of hydrogen-bond acceptors (Lipinski definition) is 13. The minimum Gasteiger partial charge on any atom is -0.469 e. The number of ether oxygens (including phenoxy) is 8. The van der Waals surface area contributed by atoms with E-state index in [1.54, 1.807) is 27.4 Å². The van der Waals surface area contributed by atoms with Gasteiger partial charge in [-0.05, 0) is 77.2 Å². The van der Waals surface area contributed by atoms with Gasteiger partial charge in [0.05, 0.1) is 55.1 Å². The molecule has 5 fully saturated rings. The zero-order valence-corrected chi connectivity index (χ0v) is 32.1. The predicted octanol–water partition coefficient (Wildman–Crippen LogP) is 4.07. The van der Waals surface area contributed by atoms with E-state index in [2.05, 4.69) is 13.0 Å². The highest BCUT2D eigenvalue weighted by Crippen LogP contribution is 2.58. The van der Waals surface area contributed by atoms with Gasteiger partial charge in [-0.2, -0.15) is 0 Å². The molecular weight excluding hydrogens is 688 g/mol. The molecule has 7 rings (SSSR count). The van der Waals surface area contributed by atoms with E-state index in [1.165, 1.54) is 5.57 Å². The van der Waals surface area contributed by atoms with E-state index in [0.29, 0.717) is 37.9 Å². The first-order valence-corrected chi connectivity index (χ1v) is 19.6. The molecule has 2 saturated carbocycles. The van der Waals surface area contributed by atoms with Crippen LogP contribution in [0.1, 0.15) is 96.3 Å².